The number of sulfonamides is 1. The number of nitrogens with one attached hydrogen (secondary N) is 2. The van der Waals surface area contributed by atoms with E-state index in [1.54, 1.807) is 42.6 Å². The van der Waals surface area contributed by atoms with Gasteiger partial charge in [0, 0.05) is 11.1 Å². The number of benzene rings is 2. The maximum absolute atomic E-state index is 12.3. The second-order valence-electron chi connectivity index (χ2n) is 4.74. The summed E-state index contributed by atoms with van der Waals surface area (Å²) < 4.78 is 27.1. The van der Waals surface area contributed by atoms with E-state index in [0.29, 0.717) is 16.9 Å². The van der Waals surface area contributed by atoms with Crippen LogP contribution < -0.4 is 10.5 Å². The van der Waals surface area contributed by atoms with Crippen LogP contribution in [0.2, 0.25) is 0 Å². The van der Waals surface area contributed by atoms with E-state index in [4.69, 9.17) is 5.73 Å². The fourth-order valence-corrected chi connectivity index (χ4v) is 3.37. The van der Waals surface area contributed by atoms with Crippen molar-refractivity contribution >= 4 is 32.3 Å². The molecule has 2 aromatic carbocycles. The highest BCUT2D eigenvalue weighted by atomic mass is 32.2. The monoisotopic (exact) mass is 302 g/mol. The molecular weight excluding hydrogens is 288 g/mol. The minimum atomic E-state index is -3.52. The third-order valence-electron chi connectivity index (χ3n) is 3.06. The molecule has 0 aliphatic carbocycles. The zero-order valence-corrected chi connectivity index (χ0v) is 11.9. The molecule has 7 heteroatoms. The van der Waals surface area contributed by atoms with Crippen molar-refractivity contribution in [3.05, 3.63) is 54.2 Å². The Hall–Kier alpha value is -2.54. The first-order valence-electron chi connectivity index (χ1n) is 6.30. The summed E-state index contributed by atoms with van der Waals surface area (Å²) in [5, 5.41) is 7.44. The van der Waals surface area contributed by atoms with Crippen molar-refractivity contribution in [2.45, 2.75) is 5.75 Å². The molecule has 0 fully saturated rings. The summed E-state index contributed by atoms with van der Waals surface area (Å²) >= 11 is 0. The standard InChI is InChI=1S/C14H14N4O2S/c15-11-4-1-3-10(7-11)9-21(19,20)18-14-6-2-5-13-12(14)8-16-17-13/h1-8,18H,9,15H2,(H,16,17). The van der Waals surface area contributed by atoms with E-state index >= 15 is 0 Å². The molecule has 0 aliphatic rings. The van der Waals surface area contributed by atoms with Crippen molar-refractivity contribution in [3.8, 4) is 0 Å². The molecule has 1 aromatic heterocycles. The highest BCUT2D eigenvalue weighted by molar-refractivity contribution is 7.91. The Morgan fingerprint density at radius 3 is 2.81 bits per heavy atom. The predicted octanol–water partition coefficient (Wildman–Crippen LogP) is 2.09. The Labute approximate surface area is 122 Å². The van der Waals surface area contributed by atoms with Crippen LogP contribution in [0.3, 0.4) is 0 Å². The summed E-state index contributed by atoms with van der Waals surface area (Å²) in [5.41, 5.74) is 8.13. The first kappa shape index (κ1) is 13.4. The molecule has 4 N–H and O–H groups in total. The number of hydrogen-bond acceptors (Lipinski definition) is 4. The molecule has 0 saturated heterocycles. The van der Waals surface area contributed by atoms with Gasteiger partial charge in [0.2, 0.25) is 10.0 Å². The van der Waals surface area contributed by atoms with Crippen LogP contribution in [0.4, 0.5) is 11.4 Å². The van der Waals surface area contributed by atoms with Crippen LogP contribution >= 0.6 is 0 Å². The van der Waals surface area contributed by atoms with E-state index < -0.39 is 10.0 Å². The van der Waals surface area contributed by atoms with E-state index in [1.165, 1.54) is 0 Å². The van der Waals surface area contributed by atoms with Gasteiger partial charge in [-0.1, -0.05) is 18.2 Å². The summed E-state index contributed by atoms with van der Waals surface area (Å²) in [6.07, 6.45) is 1.59. The Balaban J connectivity index is 1.88. The first-order valence-corrected chi connectivity index (χ1v) is 7.96. The quantitative estimate of drug-likeness (QED) is 0.642. The van der Waals surface area contributed by atoms with Gasteiger partial charge < -0.3 is 5.73 Å². The van der Waals surface area contributed by atoms with Gasteiger partial charge >= 0.3 is 0 Å². The van der Waals surface area contributed by atoms with Gasteiger partial charge in [-0.25, -0.2) is 8.42 Å². The zero-order chi connectivity index (χ0) is 14.9. The molecule has 0 radical (unpaired) electrons. The molecule has 0 aliphatic heterocycles. The van der Waals surface area contributed by atoms with Gasteiger partial charge in [0.05, 0.1) is 23.2 Å². The molecule has 108 valence electrons. The smallest absolute Gasteiger partial charge is 0.236 e. The fourth-order valence-electron chi connectivity index (χ4n) is 2.16. The number of aromatic amines is 1. The zero-order valence-electron chi connectivity index (χ0n) is 11.1. The maximum Gasteiger partial charge on any atom is 0.236 e. The van der Waals surface area contributed by atoms with Crippen LogP contribution in [0.15, 0.2) is 48.7 Å². The van der Waals surface area contributed by atoms with Gasteiger partial charge in [0.15, 0.2) is 0 Å². The van der Waals surface area contributed by atoms with Gasteiger partial charge in [-0.15, -0.1) is 0 Å². The van der Waals surface area contributed by atoms with Crippen LogP contribution in [0.25, 0.3) is 10.9 Å². The SMILES string of the molecule is Nc1cccc(CS(=O)(=O)Nc2cccc3[nH]ncc23)c1. The fraction of sp³-hybridized carbons (Fsp3) is 0.0714. The van der Waals surface area contributed by atoms with Crippen LogP contribution in [0.1, 0.15) is 5.56 Å². The summed E-state index contributed by atoms with van der Waals surface area (Å²) in [6.45, 7) is 0. The van der Waals surface area contributed by atoms with E-state index in [1.807, 2.05) is 6.07 Å². The summed E-state index contributed by atoms with van der Waals surface area (Å²) in [7, 11) is -3.52. The molecule has 0 bridgehead atoms. The lowest BCUT2D eigenvalue weighted by atomic mass is 10.2. The molecule has 0 unspecified atom stereocenters. The van der Waals surface area contributed by atoms with Gasteiger partial charge in [-0.05, 0) is 29.8 Å². The third-order valence-corrected chi connectivity index (χ3v) is 4.30. The van der Waals surface area contributed by atoms with Crippen LogP contribution in [-0.4, -0.2) is 18.6 Å². The van der Waals surface area contributed by atoms with Crippen LogP contribution in [0, 0.1) is 0 Å². The summed E-state index contributed by atoms with van der Waals surface area (Å²) in [4.78, 5) is 0. The molecule has 0 spiro atoms. The lowest BCUT2D eigenvalue weighted by Gasteiger charge is -2.09. The minimum absolute atomic E-state index is 0.133. The van der Waals surface area contributed by atoms with E-state index in [0.717, 1.165) is 10.9 Å². The number of rotatable bonds is 4. The largest absolute Gasteiger partial charge is 0.399 e. The number of aromatic nitrogens is 2. The summed E-state index contributed by atoms with van der Waals surface area (Å²) in [5.74, 6) is -0.133. The average molecular weight is 302 g/mol. The highest BCUT2D eigenvalue weighted by Gasteiger charge is 2.14. The second-order valence-corrected chi connectivity index (χ2v) is 6.47. The number of nitrogens with zero attached hydrogens (tertiary/aromatic N) is 1. The average Bonchev–Trinajstić information content (AvgIpc) is 2.87. The number of anilines is 2. The number of nitrogen functional groups attached to an aromatic ring is 1. The molecule has 1 heterocycles. The van der Waals surface area contributed by atoms with Crippen molar-refractivity contribution in [3.63, 3.8) is 0 Å². The van der Waals surface area contributed by atoms with Gasteiger partial charge in [0.1, 0.15) is 0 Å². The van der Waals surface area contributed by atoms with Gasteiger partial charge in [-0.3, -0.25) is 9.82 Å². The predicted molar refractivity (Wildman–Crippen MR) is 83.2 cm³/mol. The normalized spacial score (nSPS) is 11.6. The lowest BCUT2D eigenvalue weighted by molar-refractivity contribution is 0.600. The van der Waals surface area contributed by atoms with Crippen molar-refractivity contribution in [1.82, 2.24) is 10.2 Å². The molecular formula is C14H14N4O2S. The first-order chi connectivity index (χ1) is 10.0. The highest BCUT2D eigenvalue weighted by Crippen LogP contribution is 2.23. The second kappa shape index (κ2) is 5.10. The molecule has 0 atom stereocenters. The van der Waals surface area contributed by atoms with Crippen LogP contribution in [0.5, 0.6) is 0 Å². The third kappa shape index (κ3) is 2.97. The molecule has 0 amide bonds. The van der Waals surface area contributed by atoms with Crippen LogP contribution in [-0.2, 0) is 15.8 Å². The molecule has 3 rings (SSSR count). The molecule has 0 saturated carbocycles. The molecule has 21 heavy (non-hydrogen) atoms. The van der Waals surface area contributed by atoms with Crippen molar-refractivity contribution in [1.29, 1.82) is 0 Å². The molecule has 3 aromatic rings. The van der Waals surface area contributed by atoms with E-state index in [2.05, 4.69) is 14.9 Å². The Bertz CT molecular complexity index is 887. The Morgan fingerprint density at radius 1 is 1.19 bits per heavy atom. The van der Waals surface area contributed by atoms with Crippen molar-refractivity contribution in [2.75, 3.05) is 10.5 Å². The number of hydrogen-bond donors (Lipinski definition) is 3. The minimum Gasteiger partial charge on any atom is -0.399 e. The topological polar surface area (TPSA) is 101 Å². The van der Waals surface area contributed by atoms with E-state index in [-0.39, 0.29) is 5.75 Å². The maximum atomic E-state index is 12.3. The number of fused-ring (bicyclic) bond motifs is 1. The Kier molecular flexibility index (Phi) is 3.26. The van der Waals surface area contributed by atoms with E-state index in [9.17, 15) is 8.42 Å². The number of nitrogens with two attached hydrogens (primary N) is 1. The van der Waals surface area contributed by atoms with Gasteiger partial charge in [-0.2, -0.15) is 5.10 Å². The summed E-state index contributed by atoms with van der Waals surface area (Å²) in [6, 6.07) is 12.1. The Morgan fingerprint density at radius 2 is 2.00 bits per heavy atom. The molecule has 6 nitrogen and oxygen atoms in total. The van der Waals surface area contributed by atoms with Gasteiger partial charge in [0.25, 0.3) is 0 Å². The van der Waals surface area contributed by atoms with Crippen molar-refractivity contribution in [2.24, 2.45) is 0 Å². The number of H-pyrrole nitrogens is 1. The van der Waals surface area contributed by atoms with Crippen molar-refractivity contribution < 1.29 is 8.42 Å². The lowest BCUT2D eigenvalue weighted by Crippen LogP contribution is -2.15.